The van der Waals surface area contributed by atoms with Crippen molar-refractivity contribution in [3.05, 3.63) is 29.5 Å². The highest BCUT2D eigenvalue weighted by atomic mass is 16.6. The molecule has 2 aromatic rings. The molecule has 1 heterocycles. The fourth-order valence-electron chi connectivity index (χ4n) is 3.35. The van der Waals surface area contributed by atoms with Gasteiger partial charge in [0.25, 0.3) is 11.7 Å². The van der Waals surface area contributed by atoms with E-state index >= 15 is 0 Å². The second-order valence-corrected chi connectivity index (χ2v) is 8.49. The smallest absolute Gasteiger partial charge is 0.344 e. The van der Waals surface area contributed by atoms with Gasteiger partial charge in [-0.15, -0.1) is 0 Å². The molecule has 0 radical (unpaired) electrons. The first-order chi connectivity index (χ1) is 13.9. The van der Waals surface area contributed by atoms with Gasteiger partial charge in [-0.3, -0.25) is 9.59 Å². The monoisotopic (exact) mass is 417 g/mol. The zero-order chi connectivity index (χ0) is 22.6. The van der Waals surface area contributed by atoms with Crippen molar-refractivity contribution in [1.82, 2.24) is 9.47 Å². The standard InChI is InChI=1S/C22H31N3O5/c1-14-18(20(27)21(23)28)19-15(25(14)12-8-11-24(5)6)9-7-10-16(19)29-13-17(26)30-22(2,3)4/h7,9-10H,8,11-13H2,1-6H3,(H2,23,28). The van der Waals surface area contributed by atoms with Crippen LogP contribution in [0.3, 0.4) is 0 Å². The van der Waals surface area contributed by atoms with E-state index in [9.17, 15) is 14.4 Å². The van der Waals surface area contributed by atoms with E-state index in [1.54, 1.807) is 39.8 Å². The molecule has 0 fully saturated rings. The number of ether oxygens (including phenoxy) is 2. The molecule has 2 rings (SSSR count). The van der Waals surface area contributed by atoms with Crippen LogP contribution in [0.25, 0.3) is 10.9 Å². The quantitative estimate of drug-likeness (QED) is 0.381. The fourth-order valence-corrected chi connectivity index (χ4v) is 3.35. The number of hydrogen-bond acceptors (Lipinski definition) is 6. The molecule has 0 aliphatic rings. The van der Waals surface area contributed by atoms with E-state index in [-0.39, 0.29) is 12.2 Å². The number of esters is 1. The molecule has 1 aromatic carbocycles. The normalized spacial score (nSPS) is 11.7. The Hall–Kier alpha value is -2.87. The summed E-state index contributed by atoms with van der Waals surface area (Å²) < 4.78 is 13.0. The van der Waals surface area contributed by atoms with Crippen molar-refractivity contribution in [2.24, 2.45) is 5.73 Å². The van der Waals surface area contributed by atoms with Gasteiger partial charge in [0.05, 0.1) is 16.5 Å². The molecule has 8 heteroatoms. The molecule has 0 bridgehead atoms. The number of nitrogens with two attached hydrogens (primary N) is 1. The first-order valence-electron chi connectivity index (χ1n) is 9.87. The lowest BCUT2D eigenvalue weighted by Gasteiger charge is -2.19. The maximum atomic E-state index is 12.6. The molecule has 164 valence electrons. The summed E-state index contributed by atoms with van der Waals surface area (Å²) in [6.45, 7) is 8.30. The van der Waals surface area contributed by atoms with Gasteiger partial charge in [-0.2, -0.15) is 0 Å². The van der Waals surface area contributed by atoms with Crippen LogP contribution in [0.5, 0.6) is 5.75 Å². The van der Waals surface area contributed by atoms with Crippen LogP contribution in [-0.2, 0) is 20.9 Å². The van der Waals surface area contributed by atoms with Gasteiger partial charge in [0.2, 0.25) is 0 Å². The average molecular weight is 418 g/mol. The van der Waals surface area contributed by atoms with Crippen LogP contribution >= 0.6 is 0 Å². The van der Waals surface area contributed by atoms with E-state index < -0.39 is 23.3 Å². The van der Waals surface area contributed by atoms with Gasteiger partial charge in [-0.05, 0) is 66.9 Å². The fraction of sp³-hybridized carbons (Fsp3) is 0.500. The SMILES string of the molecule is Cc1c(C(=O)C(N)=O)c2c(OCC(=O)OC(C)(C)C)cccc2n1CCCN(C)C. The van der Waals surface area contributed by atoms with Crippen LogP contribution in [0.4, 0.5) is 0 Å². The summed E-state index contributed by atoms with van der Waals surface area (Å²) in [6.07, 6.45) is 0.852. The zero-order valence-corrected chi connectivity index (χ0v) is 18.6. The van der Waals surface area contributed by atoms with Crippen LogP contribution in [-0.4, -0.2) is 60.0 Å². The Labute approximate surface area is 176 Å². The topological polar surface area (TPSA) is 104 Å². The minimum atomic E-state index is -1.03. The van der Waals surface area contributed by atoms with Crippen LogP contribution in [0, 0.1) is 6.92 Å². The number of hydrogen-bond donors (Lipinski definition) is 1. The van der Waals surface area contributed by atoms with Crippen molar-refractivity contribution < 1.29 is 23.9 Å². The lowest BCUT2D eigenvalue weighted by Crippen LogP contribution is -2.27. The summed E-state index contributed by atoms with van der Waals surface area (Å²) in [6, 6.07) is 5.30. The number of Topliss-reactive ketones (excluding diaryl/α,β-unsaturated/α-hetero) is 1. The summed E-state index contributed by atoms with van der Waals surface area (Å²) in [5, 5.41) is 0.479. The Kier molecular flexibility index (Phi) is 7.25. The third kappa shape index (κ3) is 5.60. The minimum absolute atomic E-state index is 0.210. The minimum Gasteiger partial charge on any atom is -0.481 e. The van der Waals surface area contributed by atoms with Crippen molar-refractivity contribution >= 4 is 28.6 Å². The predicted molar refractivity (Wildman–Crippen MR) is 115 cm³/mol. The van der Waals surface area contributed by atoms with Crippen LogP contribution in [0.2, 0.25) is 0 Å². The van der Waals surface area contributed by atoms with Gasteiger partial charge in [-0.1, -0.05) is 6.07 Å². The van der Waals surface area contributed by atoms with E-state index in [0.717, 1.165) is 18.5 Å². The number of ketones is 1. The maximum Gasteiger partial charge on any atom is 0.344 e. The molecule has 8 nitrogen and oxygen atoms in total. The number of aryl methyl sites for hydroxylation is 1. The van der Waals surface area contributed by atoms with Gasteiger partial charge in [-0.25, -0.2) is 4.79 Å². The highest BCUT2D eigenvalue weighted by Gasteiger charge is 2.26. The number of carbonyl (C=O) groups is 3. The van der Waals surface area contributed by atoms with E-state index in [0.29, 0.717) is 23.4 Å². The van der Waals surface area contributed by atoms with Crippen LogP contribution in [0.1, 0.15) is 43.2 Å². The van der Waals surface area contributed by atoms with Gasteiger partial charge in [0.15, 0.2) is 6.61 Å². The number of amides is 1. The van der Waals surface area contributed by atoms with Gasteiger partial charge >= 0.3 is 5.97 Å². The highest BCUT2D eigenvalue weighted by Crippen LogP contribution is 2.34. The van der Waals surface area contributed by atoms with Crippen LogP contribution < -0.4 is 10.5 Å². The van der Waals surface area contributed by atoms with Crippen LogP contribution in [0.15, 0.2) is 18.2 Å². The molecule has 1 aromatic heterocycles. The van der Waals surface area contributed by atoms with Crippen molar-refractivity contribution in [3.8, 4) is 5.75 Å². The Morgan fingerprint density at radius 1 is 1.17 bits per heavy atom. The second-order valence-electron chi connectivity index (χ2n) is 8.49. The number of fused-ring (bicyclic) bond motifs is 1. The van der Waals surface area contributed by atoms with Crippen molar-refractivity contribution in [3.63, 3.8) is 0 Å². The number of nitrogens with zero attached hydrogens (tertiary/aromatic N) is 2. The van der Waals surface area contributed by atoms with Gasteiger partial charge in [0, 0.05) is 12.2 Å². The van der Waals surface area contributed by atoms with Crippen molar-refractivity contribution in [2.45, 2.75) is 46.3 Å². The molecule has 0 saturated carbocycles. The van der Waals surface area contributed by atoms with E-state index in [1.165, 1.54) is 0 Å². The third-order valence-corrected chi connectivity index (χ3v) is 4.52. The molecule has 0 atom stereocenters. The molecule has 0 spiro atoms. The molecule has 2 N–H and O–H groups in total. The average Bonchev–Trinajstić information content (AvgIpc) is 2.90. The summed E-state index contributed by atoms with van der Waals surface area (Å²) in [5.74, 6) is -2.01. The molecule has 0 aliphatic carbocycles. The molecular formula is C22H31N3O5. The maximum absolute atomic E-state index is 12.6. The lowest BCUT2D eigenvalue weighted by atomic mass is 10.1. The Bertz CT molecular complexity index is 954. The Morgan fingerprint density at radius 2 is 1.83 bits per heavy atom. The lowest BCUT2D eigenvalue weighted by molar-refractivity contribution is -0.157. The van der Waals surface area contributed by atoms with E-state index in [4.69, 9.17) is 15.2 Å². The number of aromatic nitrogens is 1. The summed E-state index contributed by atoms with van der Waals surface area (Å²) in [5.41, 5.74) is 6.26. The first kappa shape index (κ1) is 23.4. The summed E-state index contributed by atoms with van der Waals surface area (Å²) in [4.78, 5) is 38.4. The molecule has 1 amide bonds. The van der Waals surface area contributed by atoms with Crippen molar-refractivity contribution in [1.29, 1.82) is 0 Å². The number of carbonyl (C=O) groups excluding carboxylic acids is 3. The van der Waals surface area contributed by atoms with E-state index in [1.807, 2.05) is 24.7 Å². The highest BCUT2D eigenvalue weighted by molar-refractivity contribution is 6.45. The summed E-state index contributed by atoms with van der Waals surface area (Å²) >= 11 is 0. The molecule has 0 saturated heterocycles. The first-order valence-corrected chi connectivity index (χ1v) is 9.87. The Morgan fingerprint density at radius 3 is 2.40 bits per heavy atom. The van der Waals surface area contributed by atoms with E-state index in [2.05, 4.69) is 4.90 Å². The summed E-state index contributed by atoms with van der Waals surface area (Å²) in [7, 11) is 3.98. The second kappa shape index (κ2) is 9.30. The third-order valence-electron chi connectivity index (χ3n) is 4.52. The number of primary amides is 1. The van der Waals surface area contributed by atoms with Gasteiger partial charge in [0.1, 0.15) is 11.4 Å². The largest absolute Gasteiger partial charge is 0.481 e. The zero-order valence-electron chi connectivity index (χ0n) is 18.6. The molecule has 0 aliphatic heterocycles. The predicted octanol–water partition coefficient (Wildman–Crippen LogP) is 2.29. The Balaban J connectivity index is 2.47. The molecule has 30 heavy (non-hydrogen) atoms. The van der Waals surface area contributed by atoms with Gasteiger partial charge < -0.3 is 24.7 Å². The number of rotatable bonds is 9. The molecule has 0 unspecified atom stereocenters. The molecular weight excluding hydrogens is 386 g/mol. The van der Waals surface area contributed by atoms with Crippen molar-refractivity contribution in [2.75, 3.05) is 27.2 Å². The number of benzene rings is 1.